The molecule has 3 atom stereocenters. The molecule has 41 heavy (non-hydrogen) atoms. The molecule has 0 spiro atoms. The second-order valence-corrected chi connectivity index (χ2v) is 10.8. The van der Waals surface area contributed by atoms with E-state index in [4.69, 9.17) is 4.74 Å². The zero-order valence-corrected chi connectivity index (χ0v) is 23.3. The Kier molecular flexibility index (Phi) is 9.28. The van der Waals surface area contributed by atoms with Crippen molar-refractivity contribution >= 4 is 12.0 Å². The Hall–Kier alpha value is -3.79. The van der Waals surface area contributed by atoms with E-state index in [9.17, 15) is 18.4 Å². The largest absolute Gasteiger partial charge is 0.444 e. The molecule has 2 N–H and O–H groups in total. The maximum atomic E-state index is 14.2. The first-order valence-electron chi connectivity index (χ1n) is 14.5. The number of nitrogens with zero attached hydrogens (tertiary/aromatic N) is 3. The fourth-order valence-corrected chi connectivity index (χ4v) is 5.94. The minimum atomic E-state index is -0.639. The number of carbonyl (C=O) groups excluding carboxylic acids is 2. The standard InChI is InChI=1S/C31H37F2N5O3/c1-2-12-35-31(40)41-27-11-7-6-10-26(27)38-20-36-28(29(38)22-8-4-3-5-9-22)30(39)37-14-13-34-19-25(37)17-21-15-23(32)18-24(33)16-21/h3-5,8-9,15-16,18,20,25-27,34H,2,6-7,10-14,17,19H2,1H3,(H,35,40)/t25-,26?,27?/m0/s1. The van der Waals surface area contributed by atoms with E-state index in [1.165, 1.54) is 12.1 Å². The van der Waals surface area contributed by atoms with Crippen LogP contribution in [0.4, 0.5) is 13.6 Å². The molecule has 2 aliphatic rings. The Bertz CT molecular complexity index is 1330. The number of carbonyl (C=O) groups is 2. The summed E-state index contributed by atoms with van der Waals surface area (Å²) in [6.07, 6.45) is 5.46. The number of rotatable bonds is 8. The molecule has 1 aromatic heterocycles. The van der Waals surface area contributed by atoms with Gasteiger partial charge in [0.1, 0.15) is 17.7 Å². The number of halogens is 2. The molecule has 3 aromatic rings. The molecule has 2 aromatic carbocycles. The summed E-state index contributed by atoms with van der Waals surface area (Å²) in [5, 5.41) is 6.10. The van der Waals surface area contributed by atoms with Crippen molar-refractivity contribution in [2.45, 2.75) is 63.6 Å². The van der Waals surface area contributed by atoms with Crippen molar-refractivity contribution < 1.29 is 23.1 Å². The summed E-state index contributed by atoms with van der Waals surface area (Å²) in [6.45, 7) is 4.07. The van der Waals surface area contributed by atoms with Crippen LogP contribution in [0.3, 0.4) is 0 Å². The summed E-state index contributed by atoms with van der Waals surface area (Å²) >= 11 is 0. The fourth-order valence-electron chi connectivity index (χ4n) is 5.94. The predicted octanol–water partition coefficient (Wildman–Crippen LogP) is 5.10. The Labute approximate surface area is 239 Å². The van der Waals surface area contributed by atoms with Gasteiger partial charge in [-0.15, -0.1) is 0 Å². The molecule has 1 saturated carbocycles. The van der Waals surface area contributed by atoms with Crippen LogP contribution in [-0.2, 0) is 11.2 Å². The second-order valence-electron chi connectivity index (χ2n) is 10.8. The van der Waals surface area contributed by atoms with Crippen LogP contribution >= 0.6 is 0 Å². The van der Waals surface area contributed by atoms with Crippen LogP contribution in [-0.4, -0.2) is 64.8 Å². The van der Waals surface area contributed by atoms with Gasteiger partial charge in [0, 0.05) is 43.9 Å². The number of alkyl carbamates (subject to hydrolysis) is 1. The quantitative estimate of drug-likeness (QED) is 0.397. The monoisotopic (exact) mass is 565 g/mol. The van der Waals surface area contributed by atoms with Gasteiger partial charge < -0.3 is 24.8 Å². The maximum absolute atomic E-state index is 14.2. The fraction of sp³-hybridized carbons (Fsp3) is 0.452. The lowest BCUT2D eigenvalue weighted by Gasteiger charge is -2.36. The van der Waals surface area contributed by atoms with Crippen molar-refractivity contribution in [2.75, 3.05) is 26.2 Å². The number of amides is 2. The van der Waals surface area contributed by atoms with Crippen molar-refractivity contribution in [1.29, 1.82) is 0 Å². The number of aromatic nitrogens is 2. The molecule has 1 aliphatic carbocycles. The van der Waals surface area contributed by atoms with Crippen LogP contribution in [0.5, 0.6) is 0 Å². The lowest BCUT2D eigenvalue weighted by atomic mass is 9.91. The van der Waals surface area contributed by atoms with E-state index in [0.717, 1.165) is 43.7 Å². The number of hydrogen-bond acceptors (Lipinski definition) is 5. The van der Waals surface area contributed by atoms with E-state index in [1.54, 1.807) is 11.2 Å². The van der Waals surface area contributed by atoms with Gasteiger partial charge in [-0.1, -0.05) is 43.7 Å². The number of benzene rings is 2. The molecule has 2 amide bonds. The molecule has 0 radical (unpaired) electrons. The third kappa shape index (κ3) is 6.75. The van der Waals surface area contributed by atoms with E-state index < -0.39 is 17.7 Å². The first kappa shape index (κ1) is 28.7. The van der Waals surface area contributed by atoms with E-state index in [1.807, 2.05) is 41.8 Å². The Balaban J connectivity index is 1.47. The Morgan fingerprint density at radius 3 is 2.61 bits per heavy atom. The van der Waals surface area contributed by atoms with E-state index in [2.05, 4.69) is 15.6 Å². The van der Waals surface area contributed by atoms with E-state index >= 15 is 0 Å². The second kappa shape index (κ2) is 13.2. The lowest BCUT2D eigenvalue weighted by Crippen LogP contribution is -2.54. The first-order valence-corrected chi connectivity index (χ1v) is 14.5. The molecule has 0 bridgehead atoms. The van der Waals surface area contributed by atoms with Gasteiger partial charge in [0.15, 0.2) is 5.69 Å². The smallest absolute Gasteiger partial charge is 0.407 e. The number of piperazine rings is 1. The minimum Gasteiger partial charge on any atom is -0.444 e. The van der Waals surface area contributed by atoms with Crippen molar-refractivity contribution in [3.8, 4) is 11.3 Å². The van der Waals surface area contributed by atoms with Gasteiger partial charge in [-0.05, 0) is 49.8 Å². The van der Waals surface area contributed by atoms with Crippen molar-refractivity contribution in [3.05, 3.63) is 77.8 Å². The van der Waals surface area contributed by atoms with Crippen LogP contribution in [0.2, 0.25) is 0 Å². The molecule has 1 saturated heterocycles. The molecule has 8 nitrogen and oxygen atoms in total. The van der Waals surface area contributed by atoms with Crippen LogP contribution in [0.15, 0.2) is 54.9 Å². The summed E-state index contributed by atoms with van der Waals surface area (Å²) in [5.41, 5.74) is 2.32. The number of ether oxygens (including phenoxy) is 1. The number of nitrogens with one attached hydrogen (secondary N) is 2. The summed E-state index contributed by atoms with van der Waals surface area (Å²) in [7, 11) is 0. The summed E-state index contributed by atoms with van der Waals surface area (Å²) in [4.78, 5) is 33.1. The summed E-state index contributed by atoms with van der Waals surface area (Å²) < 4.78 is 35.7. The average molecular weight is 566 g/mol. The normalized spacial score (nSPS) is 21.0. The van der Waals surface area contributed by atoms with Crippen molar-refractivity contribution in [3.63, 3.8) is 0 Å². The number of hydrogen-bond donors (Lipinski definition) is 2. The van der Waals surface area contributed by atoms with E-state index in [0.29, 0.717) is 49.6 Å². The molecule has 218 valence electrons. The highest BCUT2D eigenvalue weighted by Gasteiger charge is 2.36. The lowest BCUT2D eigenvalue weighted by molar-refractivity contribution is 0.0419. The molecule has 2 unspecified atom stereocenters. The molecule has 2 heterocycles. The third-order valence-electron chi connectivity index (χ3n) is 7.85. The Morgan fingerprint density at radius 2 is 1.85 bits per heavy atom. The molecular weight excluding hydrogens is 528 g/mol. The molecule has 10 heteroatoms. The van der Waals surface area contributed by atoms with Gasteiger partial charge in [0.05, 0.1) is 18.1 Å². The first-order chi connectivity index (χ1) is 19.9. The average Bonchev–Trinajstić information content (AvgIpc) is 3.41. The van der Waals surface area contributed by atoms with Crippen LogP contribution in [0.25, 0.3) is 11.3 Å². The van der Waals surface area contributed by atoms with Crippen LogP contribution in [0, 0.1) is 11.6 Å². The van der Waals surface area contributed by atoms with Crippen LogP contribution in [0.1, 0.15) is 61.1 Å². The van der Waals surface area contributed by atoms with Gasteiger partial charge in [-0.3, -0.25) is 4.79 Å². The van der Waals surface area contributed by atoms with Gasteiger partial charge in [0.2, 0.25) is 0 Å². The van der Waals surface area contributed by atoms with Gasteiger partial charge in [-0.2, -0.15) is 0 Å². The highest BCUT2D eigenvalue weighted by atomic mass is 19.1. The third-order valence-corrected chi connectivity index (χ3v) is 7.85. The summed E-state index contributed by atoms with van der Waals surface area (Å²) in [6, 6.07) is 12.6. The van der Waals surface area contributed by atoms with E-state index in [-0.39, 0.29) is 24.1 Å². The van der Waals surface area contributed by atoms with Crippen LogP contribution < -0.4 is 10.6 Å². The molecular formula is C31H37F2N5O3. The summed E-state index contributed by atoms with van der Waals surface area (Å²) in [5.74, 6) is -1.52. The topological polar surface area (TPSA) is 88.5 Å². The minimum absolute atomic E-state index is 0.172. The maximum Gasteiger partial charge on any atom is 0.407 e. The molecule has 1 aliphatic heterocycles. The van der Waals surface area contributed by atoms with Crippen molar-refractivity contribution in [1.82, 2.24) is 25.1 Å². The van der Waals surface area contributed by atoms with Gasteiger partial charge in [-0.25, -0.2) is 18.6 Å². The zero-order valence-electron chi connectivity index (χ0n) is 23.3. The number of imidazole rings is 1. The molecule has 2 fully saturated rings. The van der Waals surface area contributed by atoms with Gasteiger partial charge >= 0.3 is 6.09 Å². The SMILES string of the molecule is CCCNC(=O)OC1CCCCC1n1cnc(C(=O)N2CCNC[C@@H]2Cc2cc(F)cc(F)c2)c1-c1ccccc1. The molecule has 5 rings (SSSR count). The zero-order chi connectivity index (χ0) is 28.8. The highest BCUT2D eigenvalue weighted by Crippen LogP contribution is 2.36. The van der Waals surface area contributed by atoms with Crippen molar-refractivity contribution in [2.24, 2.45) is 0 Å². The van der Waals surface area contributed by atoms with Gasteiger partial charge in [0.25, 0.3) is 5.91 Å². The Morgan fingerprint density at radius 1 is 1.10 bits per heavy atom. The predicted molar refractivity (Wildman–Crippen MR) is 151 cm³/mol. The highest BCUT2D eigenvalue weighted by molar-refractivity contribution is 5.98.